The number of phenols is 1. The highest BCUT2D eigenvalue weighted by atomic mass is 79.9. The van der Waals surface area contributed by atoms with Crippen molar-refractivity contribution in [1.82, 2.24) is 0 Å². The van der Waals surface area contributed by atoms with Gasteiger partial charge in [0.25, 0.3) is 10.0 Å². The molecular formula is C20H18BrN3O3S. The number of rotatable bonds is 6. The summed E-state index contributed by atoms with van der Waals surface area (Å²) >= 11 is 3.34. The molecule has 144 valence electrons. The van der Waals surface area contributed by atoms with Crippen LogP contribution in [0.1, 0.15) is 11.1 Å². The molecule has 0 unspecified atom stereocenters. The number of sulfonamides is 1. The molecule has 0 aliphatic carbocycles. The monoisotopic (exact) mass is 459 g/mol. The zero-order valence-corrected chi connectivity index (χ0v) is 17.3. The van der Waals surface area contributed by atoms with Crippen molar-refractivity contribution < 1.29 is 13.5 Å². The van der Waals surface area contributed by atoms with Crippen molar-refractivity contribution in [1.29, 1.82) is 0 Å². The second-order valence-corrected chi connectivity index (χ2v) is 8.67. The van der Waals surface area contributed by atoms with Crippen molar-refractivity contribution in [2.24, 2.45) is 5.10 Å². The lowest BCUT2D eigenvalue weighted by molar-refractivity contribution is 0.474. The van der Waals surface area contributed by atoms with Crippen LogP contribution in [0.5, 0.6) is 5.75 Å². The molecule has 0 aliphatic rings. The highest BCUT2D eigenvalue weighted by molar-refractivity contribution is 9.10. The second kappa shape index (κ2) is 8.45. The van der Waals surface area contributed by atoms with Gasteiger partial charge in [-0.3, -0.25) is 10.1 Å². The van der Waals surface area contributed by atoms with E-state index in [1.54, 1.807) is 66.7 Å². The predicted molar refractivity (Wildman–Crippen MR) is 115 cm³/mol. The highest BCUT2D eigenvalue weighted by Gasteiger charge is 2.13. The molecule has 0 aromatic heterocycles. The van der Waals surface area contributed by atoms with Gasteiger partial charge in [-0.2, -0.15) is 5.10 Å². The minimum absolute atomic E-state index is 0.120. The summed E-state index contributed by atoms with van der Waals surface area (Å²) in [5.74, 6) is 0.120. The molecule has 3 N–H and O–H groups in total. The van der Waals surface area contributed by atoms with Gasteiger partial charge < -0.3 is 5.11 Å². The molecule has 0 saturated heterocycles. The zero-order valence-electron chi connectivity index (χ0n) is 14.9. The fraction of sp³-hybridized carbons (Fsp3) is 0.0500. The van der Waals surface area contributed by atoms with Crippen molar-refractivity contribution >= 4 is 43.5 Å². The maximum atomic E-state index is 12.4. The van der Waals surface area contributed by atoms with E-state index in [1.165, 1.54) is 6.21 Å². The van der Waals surface area contributed by atoms with Gasteiger partial charge in [-0.25, -0.2) is 8.42 Å². The van der Waals surface area contributed by atoms with Gasteiger partial charge in [-0.15, -0.1) is 0 Å². The van der Waals surface area contributed by atoms with E-state index < -0.39 is 10.0 Å². The Morgan fingerprint density at radius 3 is 2.29 bits per heavy atom. The lowest BCUT2D eigenvalue weighted by Crippen LogP contribution is -2.12. The summed E-state index contributed by atoms with van der Waals surface area (Å²) in [6.45, 7) is 1.90. The van der Waals surface area contributed by atoms with E-state index in [4.69, 9.17) is 0 Å². The zero-order chi connectivity index (χ0) is 20.1. The Hall–Kier alpha value is -2.84. The average molecular weight is 460 g/mol. The smallest absolute Gasteiger partial charge is 0.261 e. The van der Waals surface area contributed by atoms with Crippen LogP contribution in [-0.2, 0) is 10.0 Å². The molecule has 0 atom stereocenters. The Morgan fingerprint density at radius 1 is 0.964 bits per heavy atom. The molecular weight excluding hydrogens is 442 g/mol. The first-order valence-electron chi connectivity index (χ1n) is 8.31. The molecule has 0 fully saturated rings. The summed E-state index contributed by atoms with van der Waals surface area (Å²) in [5, 5.41) is 13.9. The third kappa shape index (κ3) is 5.11. The number of aryl methyl sites for hydroxylation is 1. The minimum Gasteiger partial charge on any atom is -0.507 e. The van der Waals surface area contributed by atoms with Crippen LogP contribution >= 0.6 is 15.9 Å². The fourth-order valence-electron chi connectivity index (χ4n) is 2.35. The minimum atomic E-state index is -3.64. The summed E-state index contributed by atoms with van der Waals surface area (Å²) in [6, 6.07) is 18.4. The van der Waals surface area contributed by atoms with Crippen LogP contribution in [0.15, 0.2) is 81.2 Å². The lowest BCUT2D eigenvalue weighted by Gasteiger charge is -2.09. The topological polar surface area (TPSA) is 90.8 Å². The molecule has 6 nitrogen and oxygen atoms in total. The molecule has 0 bridgehead atoms. The van der Waals surface area contributed by atoms with Crippen LogP contribution in [0.4, 0.5) is 11.4 Å². The van der Waals surface area contributed by atoms with Crippen LogP contribution in [0, 0.1) is 6.92 Å². The van der Waals surface area contributed by atoms with Crippen molar-refractivity contribution in [2.75, 3.05) is 10.1 Å². The molecule has 0 radical (unpaired) electrons. The van der Waals surface area contributed by atoms with Crippen LogP contribution in [0.25, 0.3) is 0 Å². The number of hydrogen-bond acceptors (Lipinski definition) is 5. The van der Waals surface area contributed by atoms with E-state index in [2.05, 4.69) is 31.2 Å². The largest absolute Gasteiger partial charge is 0.507 e. The van der Waals surface area contributed by atoms with Gasteiger partial charge in [0.1, 0.15) is 5.75 Å². The number of aromatic hydroxyl groups is 1. The molecule has 3 aromatic rings. The Bertz CT molecular complexity index is 1100. The predicted octanol–water partition coefficient (Wildman–Crippen LogP) is 4.71. The van der Waals surface area contributed by atoms with Gasteiger partial charge in [0.05, 0.1) is 16.8 Å². The van der Waals surface area contributed by atoms with Crippen LogP contribution in [0.3, 0.4) is 0 Å². The van der Waals surface area contributed by atoms with Crippen LogP contribution < -0.4 is 10.1 Å². The van der Waals surface area contributed by atoms with E-state index in [0.717, 1.165) is 10.0 Å². The Kier molecular flexibility index (Phi) is 6.01. The molecule has 0 heterocycles. The summed E-state index contributed by atoms with van der Waals surface area (Å²) in [6.07, 6.45) is 1.49. The van der Waals surface area contributed by atoms with E-state index in [1.807, 2.05) is 6.92 Å². The summed E-state index contributed by atoms with van der Waals surface area (Å²) in [7, 11) is -3.64. The van der Waals surface area contributed by atoms with Crippen molar-refractivity contribution in [3.63, 3.8) is 0 Å². The summed E-state index contributed by atoms with van der Waals surface area (Å²) in [5.41, 5.74) is 5.50. The van der Waals surface area contributed by atoms with Crippen LogP contribution in [-0.4, -0.2) is 19.7 Å². The molecule has 0 saturated carbocycles. The first kappa shape index (κ1) is 19.9. The molecule has 0 aliphatic heterocycles. The summed E-state index contributed by atoms with van der Waals surface area (Å²) < 4.78 is 28.2. The number of halogens is 1. The quantitative estimate of drug-likeness (QED) is 0.367. The van der Waals surface area contributed by atoms with Crippen molar-refractivity contribution in [2.45, 2.75) is 11.8 Å². The SMILES string of the molecule is Cc1ccc(S(=O)(=O)Nc2ccc(NN=Cc3cc(Br)ccc3O)cc2)cc1. The standard InChI is InChI=1S/C20H18BrN3O3S/c1-14-2-9-19(10-3-14)28(26,27)24-18-7-5-17(6-8-18)23-22-13-15-12-16(21)4-11-20(15)25/h2-13,23-25H,1H3. The number of hydrazone groups is 1. The third-order valence-corrected chi connectivity index (χ3v) is 5.75. The second-order valence-electron chi connectivity index (χ2n) is 6.07. The Balaban J connectivity index is 1.65. The van der Waals surface area contributed by atoms with Crippen molar-refractivity contribution in [3.05, 3.63) is 82.3 Å². The molecule has 3 rings (SSSR count). The molecule has 0 spiro atoms. The van der Waals surface area contributed by atoms with Gasteiger partial charge in [0.2, 0.25) is 0 Å². The lowest BCUT2D eigenvalue weighted by atomic mass is 10.2. The fourth-order valence-corrected chi connectivity index (χ4v) is 3.79. The van der Waals surface area contributed by atoms with E-state index in [-0.39, 0.29) is 10.6 Å². The third-order valence-electron chi connectivity index (χ3n) is 3.86. The number of anilines is 2. The number of nitrogens with zero attached hydrogens (tertiary/aromatic N) is 1. The number of phenolic OH excluding ortho intramolecular Hbond substituents is 1. The Morgan fingerprint density at radius 2 is 1.61 bits per heavy atom. The number of benzene rings is 3. The maximum absolute atomic E-state index is 12.4. The number of hydrogen-bond donors (Lipinski definition) is 3. The van der Waals surface area contributed by atoms with E-state index in [0.29, 0.717) is 16.9 Å². The summed E-state index contributed by atoms with van der Waals surface area (Å²) in [4.78, 5) is 0.207. The molecule has 8 heteroatoms. The molecule has 0 amide bonds. The average Bonchev–Trinajstić information content (AvgIpc) is 2.66. The van der Waals surface area contributed by atoms with Gasteiger partial charge in [0, 0.05) is 15.7 Å². The molecule has 3 aromatic carbocycles. The first-order valence-corrected chi connectivity index (χ1v) is 10.6. The van der Waals surface area contributed by atoms with Gasteiger partial charge in [0.15, 0.2) is 0 Å². The van der Waals surface area contributed by atoms with Gasteiger partial charge >= 0.3 is 0 Å². The van der Waals surface area contributed by atoms with E-state index >= 15 is 0 Å². The molecule has 28 heavy (non-hydrogen) atoms. The normalized spacial score (nSPS) is 11.5. The maximum Gasteiger partial charge on any atom is 0.261 e. The first-order chi connectivity index (χ1) is 13.3. The number of nitrogens with one attached hydrogen (secondary N) is 2. The van der Waals surface area contributed by atoms with Crippen LogP contribution in [0.2, 0.25) is 0 Å². The van der Waals surface area contributed by atoms with Gasteiger partial charge in [-0.1, -0.05) is 33.6 Å². The van der Waals surface area contributed by atoms with Gasteiger partial charge in [-0.05, 0) is 61.5 Å². The van der Waals surface area contributed by atoms with Crippen molar-refractivity contribution in [3.8, 4) is 5.75 Å². The highest BCUT2D eigenvalue weighted by Crippen LogP contribution is 2.21. The Labute approximate surface area is 172 Å². The van der Waals surface area contributed by atoms with E-state index in [9.17, 15) is 13.5 Å².